The molecule has 0 saturated heterocycles. The van der Waals surface area contributed by atoms with Crippen molar-refractivity contribution in [1.82, 2.24) is 0 Å². The molecule has 4 rings (SSSR count). The quantitative estimate of drug-likeness (QED) is 0.509. The van der Waals surface area contributed by atoms with E-state index in [4.69, 9.17) is 13.9 Å². The molecule has 138 valence electrons. The summed E-state index contributed by atoms with van der Waals surface area (Å²) in [5, 5.41) is 0.832. The maximum absolute atomic E-state index is 12.3. The normalized spacial score (nSPS) is 12.9. The largest absolute Gasteiger partial charge is 0.457 e. The maximum Gasteiger partial charge on any atom is 0.338 e. The van der Waals surface area contributed by atoms with Crippen LogP contribution in [0, 0.1) is 0 Å². The molecule has 3 aromatic rings. The van der Waals surface area contributed by atoms with Gasteiger partial charge in [0.15, 0.2) is 0 Å². The Bertz CT molecular complexity index is 1050. The van der Waals surface area contributed by atoms with Gasteiger partial charge in [-0.15, -0.1) is 0 Å². The van der Waals surface area contributed by atoms with Gasteiger partial charge in [-0.2, -0.15) is 0 Å². The summed E-state index contributed by atoms with van der Waals surface area (Å²) in [7, 11) is 1.62. The van der Waals surface area contributed by atoms with Gasteiger partial charge in [0.25, 0.3) is 0 Å². The maximum atomic E-state index is 12.3. The first kappa shape index (κ1) is 17.5. The molecule has 0 saturated carbocycles. The van der Waals surface area contributed by atoms with Crippen molar-refractivity contribution in [3.8, 4) is 0 Å². The molecule has 5 heteroatoms. The lowest BCUT2D eigenvalue weighted by molar-refractivity contribution is 0.0473. The highest BCUT2D eigenvalue weighted by atomic mass is 16.5. The van der Waals surface area contributed by atoms with E-state index in [1.165, 1.54) is 17.2 Å². The van der Waals surface area contributed by atoms with E-state index >= 15 is 0 Å². The van der Waals surface area contributed by atoms with Crippen LogP contribution in [0.15, 0.2) is 51.7 Å². The fourth-order valence-electron chi connectivity index (χ4n) is 3.54. The lowest BCUT2D eigenvalue weighted by Gasteiger charge is -2.09. The molecule has 0 fully saturated rings. The fraction of sp³-hybridized carbons (Fsp3) is 0.273. The van der Waals surface area contributed by atoms with E-state index in [1.54, 1.807) is 19.2 Å². The molecule has 1 aliphatic rings. The number of fused-ring (bicyclic) bond motifs is 2. The van der Waals surface area contributed by atoms with Gasteiger partial charge in [-0.05, 0) is 60.2 Å². The first-order valence-electron chi connectivity index (χ1n) is 8.97. The molecule has 0 atom stereocenters. The van der Waals surface area contributed by atoms with Gasteiger partial charge in [0.1, 0.15) is 12.2 Å². The van der Waals surface area contributed by atoms with Crippen molar-refractivity contribution in [1.29, 1.82) is 0 Å². The number of rotatable bonds is 5. The van der Waals surface area contributed by atoms with Gasteiger partial charge in [-0.25, -0.2) is 9.59 Å². The second-order valence-electron chi connectivity index (χ2n) is 6.77. The zero-order chi connectivity index (χ0) is 18.8. The van der Waals surface area contributed by atoms with Gasteiger partial charge < -0.3 is 13.9 Å². The molecule has 0 radical (unpaired) electrons. The van der Waals surface area contributed by atoms with Crippen molar-refractivity contribution in [3.63, 3.8) is 0 Å². The Labute approximate surface area is 156 Å². The number of hydrogen-bond donors (Lipinski definition) is 0. The smallest absolute Gasteiger partial charge is 0.338 e. The number of aryl methyl sites for hydroxylation is 2. The first-order chi connectivity index (χ1) is 13.1. The van der Waals surface area contributed by atoms with E-state index < -0.39 is 11.6 Å². The minimum atomic E-state index is -0.435. The van der Waals surface area contributed by atoms with Crippen LogP contribution in [0.2, 0.25) is 0 Å². The third kappa shape index (κ3) is 3.64. The number of carbonyl (C=O) groups excluding carboxylic acids is 1. The van der Waals surface area contributed by atoms with E-state index in [-0.39, 0.29) is 6.61 Å². The van der Waals surface area contributed by atoms with Crippen molar-refractivity contribution in [2.24, 2.45) is 0 Å². The third-order valence-electron chi connectivity index (χ3n) is 4.90. The van der Waals surface area contributed by atoms with Crippen molar-refractivity contribution >= 4 is 16.9 Å². The summed E-state index contributed by atoms with van der Waals surface area (Å²) in [5.74, 6) is -0.429. The van der Waals surface area contributed by atoms with E-state index in [9.17, 15) is 9.59 Å². The Kier molecular flexibility index (Phi) is 4.77. The number of carbonyl (C=O) groups is 1. The van der Waals surface area contributed by atoms with Gasteiger partial charge in [0.05, 0.1) is 12.2 Å². The average Bonchev–Trinajstić information content (AvgIpc) is 3.12. The van der Waals surface area contributed by atoms with E-state index in [2.05, 4.69) is 6.07 Å². The Balaban J connectivity index is 1.56. The van der Waals surface area contributed by atoms with E-state index in [0.29, 0.717) is 23.3 Å². The van der Waals surface area contributed by atoms with Crippen LogP contribution in [0.4, 0.5) is 0 Å². The molecule has 2 aromatic carbocycles. The highest BCUT2D eigenvalue weighted by Crippen LogP contribution is 2.28. The molecule has 1 aliphatic carbocycles. The molecule has 0 amide bonds. The van der Waals surface area contributed by atoms with Crippen LogP contribution in [-0.4, -0.2) is 13.1 Å². The van der Waals surface area contributed by atoms with Gasteiger partial charge in [-0.3, -0.25) is 0 Å². The molecule has 1 heterocycles. The van der Waals surface area contributed by atoms with Gasteiger partial charge in [-0.1, -0.05) is 12.1 Å². The zero-order valence-electron chi connectivity index (χ0n) is 15.1. The SMILES string of the molecule is COCc1ccc(C(=O)OCc2cc(=O)oc3cc4c(cc23)CCC4)cc1. The standard InChI is InChI=1S/C22H20O5/c1-25-12-14-5-7-15(8-6-14)22(24)26-13-18-11-21(23)27-20-10-17-4-2-3-16(17)9-19(18)20/h5-11H,2-4,12-13H2,1H3. The van der Waals surface area contributed by atoms with Crippen LogP contribution in [0.5, 0.6) is 0 Å². The summed E-state index contributed by atoms with van der Waals surface area (Å²) in [6.07, 6.45) is 3.14. The summed E-state index contributed by atoms with van der Waals surface area (Å²) in [5.41, 5.74) is 4.74. The molecule has 0 aliphatic heterocycles. The van der Waals surface area contributed by atoms with Crippen molar-refractivity contribution in [2.75, 3.05) is 7.11 Å². The number of benzene rings is 2. The predicted molar refractivity (Wildman–Crippen MR) is 101 cm³/mol. The summed E-state index contributed by atoms with van der Waals surface area (Å²) in [4.78, 5) is 24.2. The predicted octanol–water partition coefficient (Wildman–Crippen LogP) is 3.79. The molecular weight excluding hydrogens is 344 g/mol. The molecule has 0 N–H and O–H groups in total. The molecule has 0 spiro atoms. The van der Waals surface area contributed by atoms with Crippen molar-refractivity contribution in [3.05, 3.63) is 80.7 Å². The number of esters is 1. The van der Waals surface area contributed by atoms with Crippen LogP contribution in [0.1, 0.15) is 39.0 Å². The summed E-state index contributed by atoms with van der Waals surface area (Å²) in [6.45, 7) is 0.519. The second-order valence-corrected chi connectivity index (χ2v) is 6.77. The Morgan fingerprint density at radius 2 is 1.78 bits per heavy atom. The summed E-state index contributed by atoms with van der Waals surface area (Å²) >= 11 is 0. The Morgan fingerprint density at radius 1 is 1.04 bits per heavy atom. The lowest BCUT2D eigenvalue weighted by atomic mass is 10.0. The number of hydrogen-bond acceptors (Lipinski definition) is 5. The van der Waals surface area contributed by atoms with Crippen molar-refractivity contribution < 1.29 is 18.7 Å². The third-order valence-corrected chi connectivity index (χ3v) is 4.90. The van der Waals surface area contributed by atoms with Gasteiger partial charge in [0, 0.05) is 24.1 Å². The van der Waals surface area contributed by atoms with E-state index in [1.807, 2.05) is 18.2 Å². The minimum absolute atomic E-state index is 0.0273. The average molecular weight is 364 g/mol. The first-order valence-corrected chi connectivity index (χ1v) is 8.97. The highest BCUT2D eigenvalue weighted by molar-refractivity contribution is 5.89. The van der Waals surface area contributed by atoms with E-state index in [0.717, 1.165) is 30.2 Å². The molecule has 0 unspecified atom stereocenters. The van der Waals surface area contributed by atoms with Gasteiger partial charge in [0.2, 0.25) is 0 Å². The van der Waals surface area contributed by atoms with Crippen LogP contribution in [0.3, 0.4) is 0 Å². The monoisotopic (exact) mass is 364 g/mol. The zero-order valence-corrected chi connectivity index (χ0v) is 15.1. The molecular formula is C22H20O5. The Hall–Kier alpha value is -2.92. The Morgan fingerprint density at radius 3 is 2.52 bits per heavy atom. The molecule has 1 aromatic heterocycles. The van der Waals surface area contributed by atoms with Gasteiger partial charge >= 0.3 is 11.6 Å². The van der Waals surface area contributed by atoms with Crippen LogP contribution in [-0.2, 0) is 35.5 Å². The molecule has 5 nitrogen and oxygen atoms in total. The van der Waals surface area contributed by atoms with Crippen LogP contribution < -0.4 is 5.63 Å². The lowest BCUT2D eigenvalue weighted by Crippen LogP contribution is -2.08. The number of ether oxygens (including phenoxy) is 2. The molecule has 0 bridgehead atoms. The molecule has 27 heavy (non-hydrogen) atoms. The fourth-order valence-corrected chi connectivity index (χ4v) is 3.54. The van der Waals surface area contributed by atoms with Crippen LogP contribution in [0.25, 0.3) is 11.0 Å². The summed E-state index contributed by atoms with van der Waals surface area (Å²) < 4.78 is 15.9. The van der Waals surface area contributed by atoms with Crippen molar-refractivity contribution in [2.45, 2.75) is 32.5 Å². The second kappa shape index (κ2) is 7.37. The minimum Gasteiger partial charge on any atom is -0.457 e. The van der Waals surface area contributed by atoms with Crippen LogP contribution >= 0.6 is 0 Å². The number of methoxy groups -OCH3 is 1. The topological polar surface area (TPSA) is 65.7 Å². The summed E-state index contributed by atoms with van der Waals surface area (Å²) in [6, 6.07) is 12.5. The highest BCUT2D eigenvalue weighted by Gasteiger charge is 2.16.